The van der Waals surface area contributed by atoms with Crippen molar-refractivity contribution in [1.82, 2.24) is 4.98 Å². The van der Waals surface area contributed by atoms with Gasteiger partial charge < -0.3 is 25.4 Å². The quantitative estimate of drug-likeness (QED) is 0.459. The monoisotopic (exact) mass is 380 g/mol. The largest absolute Gasteiger partial charge is 0.508 e. The summed E-state index contributed by atoms with van der Waals surface area (Å²) in [6, 6.07) is 12.8. The molecular formula is C21H22N3O4+. The molecule has 144 valence electrons. The minimum Gasteiger partial charge on any atom is -0.508 e. The summed E-state index contributed by atoms with van der Waals surface area (Å²) < 4.78 is 13.1. The van der Waals surface area contributed by atoms with Crippen molar-refractivity contribution in [2.75, 3.05) is 19.5 Å². The minimum absolute atomic E-state index is 0.0735. The number of anilines is 1. The van der Waals surface area contributed by atoms with Gasteiger partial charge in [-0.1, -0.05) is 23.2 Å². The Morgan fingerprint density at radius 1 is 1.21 bits per heavy atom. The van der Waals surface area contributed by atoms with Gasteiger partial charge in [0.25, 0.3) is 0 Å². The molecule has 0 unspecified atom stereocenters. The van der Waals surface area contributed by atoms with Gasteiger partial charge in [-0.05, 0) is 23.8 Å². The van der Waals surface area contributed by atoms with Crippen molar-refractivity contribution < 1.29 is 24.3 Å². The van der Waals surface area contributed by atoms with Gasteiger partial charge in [0.05, 0.1) is 19.6 Å². The smallest absolute Gasteiger partial charge is 0.306 e. The maximum absolute atomic E-state index is 9.89. The molecule has 2 aromatic carbocycles. The Labute approximate surface area is 162 Å². The lowest BCUT2D eigenvalue weighted by Gasteiger charge is -2.27. The van der Waals surface area contributed by atoms with E-state index in [1.165, 1.54) is 0 Å². The molecule has 2 heterocycles. The van der Waals surface area contributed by atoms with Gasteiger partial charge in [0, 0.05) is 24.7 Å². The number of aliphatic hydroxyl groups is 1. The number of aryl methyl sites for hydroxylation is 1. The fraction of sp³-hybridized carbons (Fsp3) is 0.238. The Balaban J connectivity index is 1.90. The predicted octanol–water partition coefficient (Wildman–Crippen LogP) is 2.33. The van der Waals surface area contributed by atoms with Crippen molar-refractivity contribution in [1.29, 1.82) is 0 Å². The standard InChI is InChI=1S/C21H21N3O4/c1-27-15-6-3-13(4-7-15)18-16-8-5-14(26)11-17(16)28-21-19(18)20(22)24(12-23-21)9-2-10-25/h3-8,11-12,18,22,25-26H,2,9-10H2,1H3/p+1/t18-/m1/s1. The number of fused-ring (bicyclic) bond motifs is 2. The van der Waals surface area contributed by atoms with Gasteiger partial charge in [0.1, 0.15) is 22.8 Å². The molecule has 0 aliphatic carbocycles. The molecule has 0 amide bonds. The maximum atomic E-state index is 9.89. The number of aromatic nitrogens is 2. The van der Waals surface area contributed by atoms with Crippen LogP contribution in [-0.4, -0.2) is 28.9 Å². The number of hydrogen-bond donors (Lipinski definition) is 3. The van der Waals surface area contributed by atoms with E-state index in [2.05, 4.69) is 4.98 Å². The first-order valence-corrected chi connectivity index (χ1v) is 9.05. The van der Waals surface area contributed by atoms with Crippen LogP contribution in [0.25, 0.3) is 0 Å². The van der Waals surface area contributed by atoms with E-state index in [1.54, 1.807) is 25.6 Å². The molecule has 28 heavy (non-hydrogen) atoms. The summed E-state index contributed by atoms with van der Waals surface area (Å²) in [5.41, 5.74) is 9.17. The summed E-state index contributed by atoms with van der Waals surface area (Å²) in [5.74, 6) is 2.18. The summed E-state index contributed by atoms with van der Waals surface area (Å²) in [4.78, 5) is 4.44. The van der Waals surface area contributed by atoms with Crippen LogP contribution < -0.4 is 19.8 Å². The van der Waals surface area contributed by atoms with E-state index in [0.29, 0.717) is 30.4 Å². The summed E-state index contributed by atoms with van der Waals surface area (Å²) in [6.45, 7) is 0.629. The molecule has 4 rings (SSSR count). The van der Waals surface area contributed by atoms with Gasteiger partial charge in [-0.25, -0.2) is 4.57 Å². The molecule has 1 aromatic heterocycles. The molecule has 4 N–H and O–H groups in total. The normalized spacial score (nSPS) is 14.7. The van der Waals surface area contributed by atoms with Crippen LogP contribution in [0.15, 0.2) is 48.8 Å². The van der Waals surface area contributed by atoms with Gasteiger partial charge in [-0.15, -0.1) is 0 Å². The molecule has 1 aliphatic heterocycles. The molecule has 0 spiro atoms. The van der Waals surface area contributed by atoms with Gasteiger partial charge in [0.15, 0.2) is 0 Å². The minimum atomic E-state index is -0.209. The zero-order valence-corrected chi connectivity index (χ0v) is 15.5. The van der Waals surface area contributed by atoms with Crippen LogP contribution in [-0.2, 0) is 6.54 Å². The highest BCUT2D eigenvalue weighted by Crippen LogP contribution is 2.48. The number of nitrogens with zero attached hydrogens (tertiary/aromatic N) is 2. The number of nitrogens with two attached hydrogens (primary N) is 1. The van der Waals surface area contributed by atoms with Gasteiger partial charge in [-0.3, -0.25) is 0 Å². The number of aliphatic hydroxyl groups excluding tert-OH is 1. The average molecular weight is 380 g/mol. The highest BCUT2D eigenvalue weighted by molar-refractivity contribution is 5.62. The molecule has 0 fully saturated rings. The Morgan fingerprint density at radius 2 is 2.00 bits per heavy atom. The van der Waals surface area contributed by atoms with E-state index < -0.39 is 0 Å². The first-order valence-electron chi connectivity index (χ1n) is 9.05. The molecule has 0 bridgehead atoms. The van der Waals surface area contributed by atoms with Crippen LogP contribution in [0.3, 0.4) is 0 Å². The van der Waals surface area contributed by atoms with E-state index in [0.717, 1.165) is 22.4 Å². The Kier molecular flexibility index (Phi) is 4.75. The van der Waals surface area contributed by atoms with Crippen molar-refractivity contribution in [3.63, 3.8) is 0 Å². The molecule has 0 saturated carbocycles. The molecule has 1 atom stereocenters. The third kappa shape index (κ3) is 3.10. The first-order chi connectivity index (χ1) is 13.6. The maximum Gasteiger partial charge on any atom is 0.306 e. The van der Waals surface area contributed by atoms with E-state index >= 15 is 0 Å². The van der Waals surface area contributed by atoms with Crippen molar-refractivity contribution in [2.45, 2.75) is 18.9 Å². The van der Waals surface area contributed by atoms with Crippen molar-refractivity contribution in [3.8, 4) is 23.1 Å². The highest BCUT2D eigenvalue weighted by Gasteiger charge is 2.36. The summed E-state index contributed by atoms with van der Waals surface area (Å²) in [6.07, 6.45) is 2.19. The fourth-order valence-corrected chi connectivity index (χ4v) is 3.54. The van der Waals surface area contributed by atoms with Gasteiger partial charge in [-0.2, -0.15) is 0 Å². The summed E-state index contributed by atoms with van der Waals surface area (Å²) >= 11 is 0. The SMILES string of the molecule is COc1ccc([C@@H]2c3ccc(O)cc3Oc3nc[n+](CCCO)c(N)c32)cc1. The lowest BCUT2D eigenvalue weighted by atomic mass is 9.83. The Bertz CT molecular complexity index is 1010. The van der Waals surface area contributed by atoms with Crippen LogP contribution in [0.2, 0.25) is 0 Å². The molecule has 7 heteroatoms. The predicted molar refractivity (Wildman–Crippen MR) is 103 cm³/mol. The molecule has 0 radical (unpaired) electrons. The van der Waals surface area contributed by atoms with Crippen molar-refractivity contribution in [2.24, 2.45) is 0 Å². The van der Waals surface area contributed by atoms with Crippen molar-refractivity contribution in [3.05, 3.63) is 65.5 Å². The Morgan fingerprint density at radius 3 is 2.71 bits per heavy atom. The summed E-state index contributed by atoms with van der Waals surface area (Å²) in [5, 5.41) is 19.0. The van der Waals surface area contributed by atoms with Crippen LogP contribution in [0.5, 0.6) is 23.1 Å². The molecule has 7 nitrogen and oxygen atoms in total. The van der Waals surface area contributed by atoms with Crippen LogP contribution in [0.1, 0.15) is 29.0 Å². The van der Waals surface area contributed by atoms with E-state index in [-0.39, 0.29) is 18.3 Å². The lowest BCUT2D eigenvalue weighted by molar-refractivity contribution is -0.686. The van der Waals surface area contributed by atoms with Crippen LogP contribution in [0, 0.1) is 0 Å². The number of phenolic OH excluding ortho intramolecular Hbond substituents is 1. The lowest BCUT2D eigenvalue weighted by Crippen LogP contribution is -2.40. The topological polar surface area (TPSA) is 102 Å². The summed E-state index contributed by atoms with van der Waals surface area (Å²) in [7, 11) is 1.63. The molecule has 1 aliphatic rings. The van der Waals surface area contributed by atoms with Crippen LogP contribution in [0.4, 0.5) is 5.82 Å². The zero-order chi connectivity index (χ0) is 19.7. The number of rotatable bonds is 5. The number of phenols is 1. The number of aromatic hydroxyl groups is 1. The van der Waals surface area contributed by atoms with E-state index in [4.69, 9.17) is 20.3 Å². The van der Waals surface area contributed by atoms with E-state index in [1.807, 2.05) is 34.9 Å². The Hall–Kier alpha value is -3.32. The number of ether oxygens (including phenoxy) is 2. The number of nitrogen functional groups attached to an aromatic ring is 1. The molecule has 0 saturated heterocycles. The zero-order valence-electron chi connectivity index (χ0n) is 15.5. The molecule has 3 aromatic rings. The third-order valence-electron chi connectivity index (χ3n) is 4.94. The van der Waals surface area contributed by atoms with Gasteiger partial charge in [0.2, 0.25) is 12.1 Å². The first kappa shape index (κ1) is 18.1. The molecular weight excluding hydrogens is 358 g/mol. The second kappa shape index (κ2) is 7.36. The number of hydrogen-bond acceptors (Lipinski definition) is 6. The number of benzene rings is 2. The van der Waals surface area contributed by atoms with Gasteiger partial charge >= 0.3 is 5.88 Å². The third-order valence-corrected chi connectivity index (χ3v) is 4.94. The second-order valence-corrected chi connectivity index (χ2v) is 6.65. The van der Waals surface area contributed by atoms with Crippen LogP contribution >= 0.6 is 0 Å². The second-order valence-electron chi connectivity index (χ2n) is 6.65. The number of methoxy groups -OCH3 is 1. The van der Waals surface area contributed by atoms with Crippen molar-refractivity contribution >= 4 is 5.82 Å². The fourth-order valence-electron chi connectivity index (χ4n) is 3.54. The van der Waals surface area contributed by atoms with E-state index in [9.17, 15) is 5.11 Å². The average Bonchev–Trinajstić information content (AvgIpc) is 2.72. The highest BCUT2D eigenvalue weighted by atomic mass is 16.5.